The fraction of sp³-hybridized carbons (Fsp3) is 0.458. The zero-order valence-corrected chi connectivity index (χ0v) is 36.8. The van der Waals surface area contributed by atoms with Crippen LogP contribution in [0.4, 0.5) is 9.59 Å². The first-order valence-electron chi connectivity index (χ1n) is 21.1. The Morgan fingerprint density at radius 2 is 1.43 bits per heavy atom. The molecule has 0 saturated carbocycles. The van der Waals surface area contributed by atoms with Crippen molar-refractivity contribution < 1.29 is 29.4 Å². The van der Waals surface area contributed by atoms with Gasteiger partial charge in [0.25, 0.3) is 0 Å². The molecule has 13 nitrogen and oxygen atoms in total. The lowest BCUT2D eigenvalue weighted by Crippen LogP contribution is -2.59. The van der Waals surface area contributed by atoms with Crippen molar-refractivity contribution in [1.29, 1.82) is 0 Å². The van der Waals surface area contributed by atoms with Crippen LogP contribution in [0.2, 0.25) is 0 Å². The largest absolute Gasteiger partial charge is 0.465 e. The van der Waals surface area contributed by atoms with Gasteiger partial charge >= 0.3 is 12.1 Å². The highest BCUT2D eigenvalue weighted by molar-refractivity contribution is 5.89. The van der Waals surface area contributed by atoms with E-state index in [1.807, 2.05) is 112 Å². The first-order valence-corrected chi connectivity index (χ1v) is 21.1. The normalized spacial score (nSPS) is 15.8. The Morgan fingerprint density at radius 3 is 2.03 bits per heavy atom. The maximum Gasteiger partial charge on any atom is 0.405 e. The summed E-state index contributed by atoms with van der Waals surface area (Å²) in [4.78, 5) is 66.9. The molecule has 5 N–H and O–H groups in total. The maximum atomic E-state index is 14.6. The van der Waals surface area contributed by atoms with E-state index in [-0.39, 0.29) is 24.8 Å². The molecule has 5 rings (SSSR count). The van der Waals surface area contributed by atoms with Gasteiger partial charge in [-0.1, -0.05) is 122 Å². The van der Waals surface area contributed by atoms with Crippen LogP contribution in [0.3, 0.4) is 0 Å². The topological polar surface area (TPSA) is 177 Å². The van der Waals surface area contributed by atoms with E-state index in [4.69, 9.17) is 4.98 Å². The second-order valence-corrected chi connectivity index (χ2v) is 18.6. The number of pyridine rings is 2. The van der Waals surface area contributed by atoms with Crippen molar-refractivity contribution in [3.63, 3.8) is 0 Å². The number of hydrogen-bond donors (Lipinski definition) is 5. The summed E-state index contributed by atoms with van der Waals surface area (Å²) in [6.07, 6.45) is -0.175. The summed E-state index contributed by atoms with van der Waals surface area (Å²) in [5.41, 5.74) is 3.76. The second-order valence-electron chi connectivity index (χ2n) is 18.6. The van der Waals surface area contributed by atoms with Gasteiger partial charge in [0.2, 0.25) is 11.8 Å². The Hall–Kier alpha value is -5.82. The van der Waals surface area contributed by atoms with E-state index < -0.39 is 59.0 Å². The number of aromatic nitrogens is 2. The molecule has 1 aliphatic heterocycles. The number of rotatable bonds is 17. The number of amides is 5. The van der Waals surface area contributed by atoms with Crippen LogP contribution in [-0.2, 0) is 29.0 Å². The number of carbonyl (C=O) groups excluding carboxylic acids is 3. The molecule has 326 valence electrons. The molecule has 5 atom stereocenters. The van der Waals surface area contributed by atoms with E-state index in [0.717, 1.165) is 33.8 Å². The molecule has 4 aromatic rings. The summed E-state index contributed by atoms with van der Waals surface area (Å²) in [6, 6.07) is 25.1. The lowest BCUT2D eigenvalue weighted by molar-refractivity contribution is -0.131. The molecule has 3 heterocycles. The Labute approximate surface area is 360 Å². The van der Waals surface area contributed by atoms with E-state index in [0.29, 0.717) is 26.1 Å². The Kier molecular flexibility index (Phi) is 15.3. The first kappa shape index (κ1) is 46.2. The minimum atomic E-state index is -1.33. The standard InChI is InChI=1S/C48H63N7O6/c1-31(2)37-19-14-17-35(50-37)30-54-25-26-55(46(54)61)42(48(6,7)8)44(58)52-39(28-32-15-10-9-11-16-32)40(56)29-36(51-43(57)41(47(3,4)5)53-45(59)60)27-33-20-22-34(23-21-33)38-18-12-13-24-49-38/h9-24,31,36,39-42,53,56H,25-30H2,1-8H3,(H,51,57)(H,52,58)(H,59,60)/t36-,39-,40-,41+,42+/m0/s1. The van der Waals surface area contributed by atoms with E-state index in [1.165, 1.54) is 0 Å². The quantitative estimate of drug-likeness (QED) is 0.0771. The highest BCUT2D eigenvalue weighted by atomic mass is 16.4. The number of nitrogens with one attached hydrogen (secondary N) is 3. The average molecular weight is 834 g/mol. The van der Waals surface area contributed by atoms with Gasteiger partial charge in [-0.3, -0.25) is 19.6 Å². The average Bonchev–Trinajstić information content (AvgIpc) is 3.54. The molecule has 13 heteroatoms. The third-order valence-electron chi connectivity index (χ3n) is 11.0. The summed E-state index contributed by atoms with van der Waals surface area (Å²) in [6.45, 7) is 16.3. The molecule has 0 bridgehead atoms. The van der Waals surface area contributed by atoms with Crippen LogP contribution in [0.1, 0.15) is 90.2 Å². The number of urea groups is 1. The minimum Gasteiger partial charge on any atom is -0.465 e. The highest BCUT2D eigenvalue weighted by Gasteiger charge is 2.44. The number of benzene rings is 2. The number of aliphatic hydroxyl groups is 1. The number of carbonyl (C=O) groups is 4. The number of hydrogen-bond acceptors (Lipinski definition) is 7. The molecule has 0 radical (unpaired) electrons. The molecule has 5 amide bonds. The molecule has 2 aromatic carbocycles. The van der Waals surface area contributed by atoms with Gasteiger partial charge < -0.3 is 36.0 Å². The van der Waals surface area contributed by atoms with E-state index in [9.17, 15) is 29.4 Å². The zero-order valence-electron chi connectivity index (χ0n) is 36.8. The van der Waals surface area contributed by atoms with Gasteiger partial charge in [-0.05, 0) is 71.4 Å². The number of carboxylic acid groups (broad SMARTS) is 1. The maximum absolute atomic E-state index is 14.6. The summed E-state index contributed by atoms with van der Waals surface area (Å²) in [5.74, 6) is -0.687. The van der Waals surface area contributed by atoms with Crippen molar-refractivity contribution in [1.82, 2.24) is 35.7 Å². The highest BCUT2D eigenvalue weighted by Crippen LogP contribution is 2.30. The molecular formula is C48H63N7O6. The summed E-state index contributed by atoms with van der Waals surface area (Å²) < 4.78 is 0. The zero-order chi connectivity index (χ0) is 44.5. The SMILES string of the molecule is CC(C)c1cccc(CN2CCN([C@H](C(=O)N[C@@H](Cc3ccccc3)[C@@H](O)C[C@H](Cc3ccc(-c4ccccn4)cc3)NC(=O)[C@@H](NC(=O)O)C(C)(C)C)C(C)(C)C)C2=O)n1. The fourth-order valence-electron chi connectivity index (χ4n) is 7.87. The van der Waals surface area contributed by atoms with Crippen LogP contribution in [0, 0.1) is 10.8 Å². The lowest BCUT2D eigenvalue weighted by Gasteiger charge is -2.38. The van der Waals surface area contributed by atoms with Crippen LogP contribution in [0.5, 0.6) is 0 Å². The van der Waals surface area contributed by atoms with Gasteiger partial charge in [-0.25, -0.2) is 9.59 Å². The monoisotopic (exact) mass is 833 g/mol. The summed E-state index contributed by atoms with van der Waals surface area (Å²) in [7, 11) is 0. The molecular weight excluding hydrogens is 771 g/mol. The van der Waals surface area contributed by atoms with E-state index >= 15 is 0 Å². The molecule has 1 aliphatic rings. The molecule has 0 aliphatic carbocycles. The molecule has 1 saturated heterocycles. The minimum absolute atomic E-state index is 0.0223. The Bertz CT molecular complexity index is 2080. The van der Waals surface area contributed by atoms with E-state index in [2.05, 4.69) is 34.8 Å². The summed E-state index contributed by atoms with van der Waals surface area (Å²) >= 11 is 0. The van der Waals surface area contributed by atoms with Gasteiger partial charge in [-0.15, -0.1) is 0 Å². The van der Waals surface area contributed by atoms with Crippen LogP contribution < -0.4 is 16.0 Å². The molecule has 2 aromatic heterocycles. The third-order valence-corrected chi connectivity index (χ3v) is 11.0. The predicted octanol–water partition coefficient (Wildman–Crippen LogP) is 6.81. The van der Waals surface area contributed by atoms with Gasteiger partial charge in [0.1, 0.15) is 12.1 Å². The van der Waals surface area contributed by atoms with Crippen LogP contribution in [0.15, 0.2) is 97.2 Å². The van der Waals surface area contributed by atoms with Crippen LogP contribution in [-0.4, -0.2) is 97.3 Å². The van der Waals surface area contributed by atoms with Crippen molar-refractivity contribution in [3.05, 3.63) is 120 Å². The van der Waals surface area contributed by atoms with Crippen LogP contribution >= 0.6 is 0 Å². The third kappa shape index (κ3) is 12.8. The number of nitrogens with zero attached hydrogens (tertiary/aromatic N) is 4. The molecule has 0 spiro atoms. The van der Waals surface area contributed by atoms with Crippen molar-refractivity contribution in [2.75, 3.05) is 13.1 Å². The van der Waals surface area contributed by atoms with Gasteiger partial charge in [0, 0.05) is 36.6 Å². The summed E-state index contributed by atoms with van der Waals surface area (Å²) in [5, 5.41) is 30.4. The lowest BCUT2D eigenvalue weighted by atomic mass is 9.84. The van der Waals surface area contributed by atoms with Crippen molar-refractivity contribution in [2.24, 2.45) is 10.8 Å². The molecule has 1 fully saturated rings. The fourth-order valence-corrected chi connectivity index (χ4v) is 7.87. The molecule has 0 unspecified atom stereocenters. The Balaban J connectivity index is 1.41. The second kappa shape index (κ2) is 20.2. The first-order chi connectivity index (χ1) is 28.8. The number of aliphatic hydroxyl groups excluding tert-OH is 1. The van der Waals surface area contributed by atoms with Crippen molar-refractivity contribution in [2.45, 2.75) is 117 Å². The van der Waals surface area contributed by atoms with Crippen LogP contribution in [0.25, 0.3) is 11.3 Å². The van der Waals surface area contributed by atoms with E-state index in [1.54, 1.807) is 36.8 Å². The van der Waals surface area contributed by atoms with Gasteiger partial charge in [-0.2, -0.15) is 0 Å². The predicted molar refractivity (Wildman–Crippen MR) is 236 cm³/mol. The van der Waals surface area contributed by atoms with Gasteiger partial charge in [0.15, 0.2) is 0 Å². The van der Waals surface area contributed by atoms with Gasteiger partial charge in [0.05, 0.1) is 30.1 Å². The van der Waals surface area contributed by atoms with Crippen molar-refractivity contribution in [3.8, 4) is 11.3 Å². The smallest absolute Gasteiger partial charge is 0.405 e. The Morgan fingerprint density at radius 1 is 0.754 bits per heavy atom. The molecule has 61 heavy (non-hydrogen) atoms. The van der Waals surface area contributed by atoms with Crippen molar-refractivity contribution >= 4 is 23.9 Å².